The van der Waals surface area contributed by atoms with Gasteiger partial charge in [-0.25, -0.2) is 4.79 Å². The summed E-state index contributed by atoms with van der Waals surface area (Å²) in [7, 11) is 0. The number of amides is 2. The number of ether oxygens (including phenoxy) is 1. The number of rotatable bonds is 9. The maximum absolute atomic E-state index is 13.3. The summed E-state index contributed by atoms with van der Waals surface area (Å²) in [6.07, 6.45) is -7.36. The molecule has 35 heavy (non-hydrogen) atoms. The number of carbonyl (C=O) groups is 3. The monoisotopic (exact) mass is 492 g/mol. The first-order valence-corrected chi connectivity index (χ1v) is 11.2. The molecule has 2 aromatic carbocycles. The van der Waals surface area contributed by atoms with Crippen LogP contribution in [0.2, 0.25) is 0 Å². The number of alkyl halides is 3. The zero-order chi connectivity index (χ0) is 25.8. The van der Waals surface area contributed by atoms with Crippen LogP contribution in [-0.2, 0) is 14.3 Å². The van der Waals surface area contributed by atoms with Gasteiger partial charge < -0.3 is 20.5 Å². The summed E-state index contributed by atoms with van der Waals surface area (Å²) in [5.74, 6) is -3.25. The van der Waals surface area contributed by atoms with Crippen molar-refractivity contribution in [3.8, 4) is 11.1 Å². The lowest BCUT2D eigenvalue weighted by atomic mass is 9.98. The molecular weight excluding hydrogens is 465 g/mol. The van der Waals surface area contributed by atoms with E-state index in [9.17, 15) is 27.6 Å². The lowest BCUT2D eigenvalue weighted by Gasteiger charge is -2.26. The molecule has 0 radical (unpaired) electrons. The van der Waals surface area contributed by atoms with Crippen molar-refractivity contribution in [2.75, 3.05) is 6.61 Å². The number of carbonyl (C=O) groups excluding carboxylic acids is 2. The van der Waals surface area contributed by atoms with Crippen LogP contribution >= 0.6 is 0 Å². The molecule has 1 aliphatic carbocycles. The van der Waals surface area contributed by atoms with Gasteiger partial charge in [-0.05, 0) is 34.6 Å². The van der Waals surface area contributed by atoms with Crippen LogP contribution in [0.15, 0.2) is 48.5 Å². The Morgan fingerprint density at radius 2 is 1.51 bits per heavy atom. The van der Waals surface area contributed by atoms with Crippen molar-refractivity contribution in [3.63, 3.8) is 0 Å². The van der Waals surface area contributed by atoms with Gasteiger partial charge in [0, 0.05) is 12.3 Å². The van der Waals surface area contributed by atoms with Crippen LogP contribution in [0.3, 0.4) is 0 Å². The van der Waals surface area contributed by atoms with E-state index in [4.69, 9.17) is 9.84 Å². The van der Waals surface area contributed by atoms with Crippen LogP contribution in [0.1, 0.15) is 43.7 Å². The van der Waals surface area contributed by atoms with Gasteiger partial charge in [0.25, 0.3) is 0 Å². The minimum atomic E-state index is -4.84. The van der Waals surface area contributed by atoms with Crippen molar-refractivity contribution < 1.29 is 37.4 Å². The molecule has 0 heterocycles. The number of carboxylic acids is 1. The van der Waals surface area contributed by atoms with Crippen LogP contribution in [0.25, 0.3) is 11.1 Å². The van der Waals surface area contributed by atoms with Gasteiger partial charge in [-0.15, -0.1) is 0 Å². The normalized spacial score (nSPS) is 14.6. The molecule has 1 aliphatic rings. The molecule has 0 aromatic heterocycles. The summed E-state index contributed by atoms with van der Waals surface area (Å²) in [4.78, 5) is 35.8. The first-order chi connectivity index (χ1) is 16.5. The maximum atomic E-state index is 13.3. The highest BCUT2D eigenvalue weighted by molar-refractivity contribution is 5.86. The van der Waals surface area contributed by atoms with Crippen molar-refractivity contribution in [3.05, 3.63) is 59.7 Å². The molecule has 2 amide bonds. The van der Waals surface area contributed by atoms with Gasteiger partial charge in [-0.2, -0.15) is 13.2 Å². The number of halogens is 3. The molecule has 0 unspecified atom stereocenters. The zero-order valence-corrected chi connectivity index (χ0v) is 19.3. The summed E-state index contributed by atoms with van der Waals surface area (Å²) < 4.78 is 45.2. The zero-order valence-electron chi connectivity index (χ0n) is 19.3. The summed E-state index contributed by atoms with van der Waals surface area (Å²) in [6.45, 7) is 3.11. The van der Waals surface area contributed by atoms with E-state index in [1.807, 2.05) is 53.8 Å². The highest BCUT2D eigenvalue weighted by Crippen LogP contribution is 2.44. The molecule has 10 heteroatoms. The van der Waals surface area contributed by atoms with E-state index in [1.165, 1.54) is 0 Å². The summed E-state index contributed by atoms with van der Waals surface area (Å²) in [5, 5.41) is 12.9. The second kappa shape index (κ2) is 10.8. The number of hydrogen-bond donors (Lipinski definition) is 3. The number of nitrogens with one attached hydrogen (secondary N) is 2. The van der Waals surface area contributed by atoms with Crippen LogP contribution in [0.5, 0.6) is 0 Å². The van der Waals surface area contributed by atoms with Crippen molar-refractivity contribution >= 4 is 18.0 Å². The summed E-state index contributed by atoms with van der Waals surface area (Å²) in [5.41, 5.74) is 4.06. The first kappa shape index (κ1) is 26.1. The van der Waals surface area contributed by atoms with E-state index in [0.717, 1.165) is 22.3 Å². The SMILES string of the molecule is CC(C)[C@H](NC(=O)OCC1c2ccccc2-c2ccccc21)C(=O)N[C@@H](CCC(=O)O)C(F)(F)F. The van der Waals surface area contributed by atoms with E-state index in [0.29, 0.717) is 0 Å². The number of alkyl carbamates (subject to hydrolysis) is 1. The molecular formula is C25H27F3N2O5. The predicted octanol–water partition coefficient (Wildman–Crippen LogP) is 4.46. The van der Waals surface area contributed by atoms with Gasteiger partial charge in [0.05, 0.1) is 0 Å². The predicted molar refractivity (Wildman–Crippen MR) is 122 cm³/mol. The minimum Gasteiger partial charge on any atom is -0.481 e. The van der Waals surface area contributed by atoms with E-state index < -0.39 is 55.0 Å². The minimum absolute atomic E-state index is 0.0178. The Bertz CT molecular complexity index is 1040. The van der Waals surface area contributed by atoms with Gasteiger partial charge in [0.1, 0.15) is 18.7 Å². The van der Waals surface area contributed by atoms with Gasteiger partial charge in [0.15, 0.2) is 0 Å². The molecule has 188 valence electrons. The topological polar surface area (TPSA) is 105 Å². The smallest absolute Gasteiger partial charge is 0.408 e. The molecule has 0 saturated carbocycles. The van der Waals surface area contributed by atoms with Gasteiger partial charge in [-0.1, -0.05) is 62.4 Å². The number of benzene rings is 2. The quantitative estimate of drug-likeness (QED) is 0.479. The largest absolute Gasteiger partial charge is 0.481 e. The molecule has 2 aromatic rings. The molecule has 7 nitrogen and oxygen atoms in total. The van der Waals surface area contributed by atoms with Crippen molar-refractivity contribution in [2.24, 2.45) is 5.92 Å². The van der Waals surface area contributed by atoms with Gasteiger partial charge in [0.2, 0.25) is 5.91 Å². The highest BCUT2D eigenvalue weighted by atomic mass is 19.4. The third kappa shape index (κ3) is 6.32. The highest BCUT2D eigenvalue weighted by Gasteiger charge is 2.42. The summed E-state index contributed by atoms with van der Waals surface area (Å²) >= 11 is 0. The maximum Gasteiger partial charge on any atom is 0.408 e. The van der Waals surface area contributed by atoms with Crippen molar-refractivity contribution in [1.29, 1.82) is 0 Å². The first-order valence-electron chi connectivity index (χ1n) is 11.2. The van der Waals surface area contributed by atoms with Crippen LogP contribution in [0.4, 0.5) is 18.0 Å². The third-order valence-corrected chi connectivity index (χ3v) is 5.92. The van der Waals surface area contributed by atoms with Crippen molar-refractivity contribution in [2.45, 2.75) is 50.9 Å². The standard InChI is InChI=1S/C25H27F3N2O5/c1-14(2)22(23(33)29-20(25(26,27)28)11-12-21(31)32)30-24(34)35-13-19-17-9-5-3-7-15(17)16-8-4-6-10-18(16)19/h3-10,14,19-20,22H,11-13H2,1-2H3,(H,29,33)(H,30,34)(H,31,32)/t20-,22-/m0/s1. The molecule has 0 aliphatic heterocycles. The Morgan fingerprint density at radius 1 is 0.971 bits per heavy atom. The number of hydrogen-bond acceptors (Lipinski definition) is 4. The fourth-order valence-electron chi connectivity index (χ4n) is 4.15. The lowest BCUT2D eigenvalue weighted by Crippen LogP contribution is -2.55. The fraction of sp³-hybridized carbons (Fsp3) is 0.400. The van der Waals surface area contributed by atoms with E-state index in [2.05, 4.69) is 5.32 Å². The van der Waals surface area contributed by atoms with Gasteiger partial charge in [-0.3, -0.25) is 9.59 Å². The van der Waals surface area contributed by atoms with Crippen molar-refractivity contribution in [1.82, 2.24) is 10.6 Å². The van der Waals surface area contributed by atoms with Gasteiger partial charge >= 0.3 is 18.2 Å². The molecule has 2 atom stereocenters. The average Bonchev–Trinajstić information content (AvgIpc) is 3.11. The Kier molecular flexibility index (Phi) is 8.03. The molecule has 0 saturated heterocycles. The third-order valence-electron chi connectivity index (χ3n) is 5.92. The Morgan fingerprint density at radius 3 is 2.00 bits per heavy atom. The second-order valence-corrected chi connectivity index (χ2v) is 8.73. The van der Waals surface area contributed by atoms with Crippen LogP contribution in [-0.4, -0.2) is 47.9 Å². The number of carboxylic acid groups (broad SMARTS) is 1. The Balaban J connectivity index is 1.65. The fourth-order valence-corrected chi connectivity index (χ4v) is 4.15. The second-order valence-electron chi connectivity index (χ2n) is 8.73. The summed E-state index contributed by atoms with van der Waals surface area (Å²) in [6, 6.07) is 11.8. The number of fused-ring (bicyclic) bond motifs is 3. The van der Waals surface area contributed by atoms with E-state index in [1.54, 1.807) is 13.8 Å². The van der Waals surface area contributed by atoms with Crippen LogP contribution in [0, 0.1) is 5.92 Å². The molecule has 3 N–H and O–H groups in total. The molecule has 3 rings (SSSR count). The molecule has 0 spiro atoms. The van der Waals surface area contributed by atoms with E-state index >= 15 is 0 Å². The lowest BCUT2D eigenvalue weighted by molar-refractivity contribution is -0.165. The Hall–Kier alpha value is -3.56. The molecule has 0 bridgehead atoms. The van der Waals surface area contributed by atoms with E-state index in [-0.39, 0.29) is 12.5 Å². The average molecular weight is 492 g/mol. The molecule has 0 fully saturated rings. The number of aliphatic carboxylic acids is 1. The van der Waals surface area contributed by atoms with Crippen LogP contribution < -0.4 is 10.6 Å². The Labute approximate surface area is 200 Å².